The molecule has 0 radical (unpaired) electrons. The van der Waals surface area contributed by atoms with E-state index in [0.29, 0.717) is 18.4 Å². The summed E-state index contributed by atoms with van der Waals surface area (Å²) >= 11 is 0. The van der Waals surface area contributed by atoms with Gasteiger partial charge in [-0.2, -0.15) is 0 Å². The van der Waals surface area contributed by atoms with Gasteiger partial charge in [-0.3, -0.25) is 4.79 Å². The maximum absolute atomic E-state index is 10.7. The second-order valence-corrected chi connectivity index (χ2v) is 3.52. The molecule has 0 saturated carbocycles. The number of hydrogen-bond acceptors (Lipinski definition) is 2. The van der Waals surface area contributed by atoms with Crippen LogP contribution in [0.5, 0.6) is 5.75 Å². The summed E-state index contributed by atoms with van der Waals surface area (Å²) in [5.74, 6) is 0.0638. The fraction of sp³-hybridized carbons (Fsp3) is 0.0769. The van der Waals surface area contributed by atoms with Gasteiger partial charge in [-0.15, -0.1) is 0 Å². The molecule has 0 amide bonds. The molecule has 0 spiro atoms. The standard InChI is InChI=1S/C13H11NO2.BrH/c15-10-12-6-4-5-11(13(12)16)9-14-7-2-1-3-8-14;/h1-8,10H,9H2;1H. The van der Waals surface area contributed by atoms with Gasteiger partial charge in [0.05, 0.1) is 11.1 Å². The molecule has 1 N–H and O–H groups in total. The van der Waals surface area contributed by atoms with Gasteiger partial charge in [0.25, 0.3) is 0 Å². The van der Waals surface area contributed by atoms with Crippen LogP contribution in [0.15, 0.2) is 48.8 Å². The third-order valence-corrected chi connectivity index (χ3v) is 2.41. The average Bonchev–Trinajstić information content (AvgIpc) is 2.33. The van der Waals surface area contributed by atoms with Crippen molar-refractivity contribution in [3.8, 4) is 5.75 Å². The number of nitrogens with zero attached hydrogens (tertiary/aromatic N) is 1. The van der Waals surface area contributed by atoms with Gasteiger partial charge in [-0.1, -0.05) is 12.1 Å². The Hall–Kier alpha value is -1.68. The van der Waals surface area contributed by atoms with E-state index in [1.807, 2.05) is 41.2 Å². The number of phenolic OH excluding ortho intramolecular Hbond substituents is 1. The molecule has 0 unspecified atom stereocenters. The topological polar surface area (TPSA) is 41.2 Å². The van der Waals surface area contributed by atoms with Crippen molar-refractivity contribution >= 4 is 6.29 Å². The van der Waals surface area contributed by atoms with E-state index in [0.717, 1.165) is 5.56 Å². The highest BCUT2D eigenvalue weighted by Crippen LogP contribution is 2.20. The van der Waals surface area contributed by atoms with Crippen molar-refractivity contribution in [2.24, 2.45) is 0 Å². The number of benzene rings is 1. The zero-order valence-corrected chi connectivity index (χ0v) is 10.7. The number of aromatic hydroxyl groups is 1. The molecule has 0 atom stereocenters. The first-order chi connectivity index (χ1) is 7.81. The molecule has 0 aliphatic heterocycles. The number of carbonyl (C=O) groups is 1. The first kappa shape index (κ1) is 13.4. The number of pyridine rings is 1. The molecule has 2 aromatic rings. The van der Waals surface area contributed by atoms with Crippen molar-refractivity contribution in [2.45, 2.75) is 6.54 Å². The van der Waals surface area contributed by atoms with Crippen LogP contribution in [0.3, 0.4) is 0 Å². The minimum atomic E-state index is 0. The van der Waals surface area contributed by atoms with Crippen molar-refractivity contribution in [1.82, 2.24) is 0 Å². The molecule has 4 heteroatoms. The zero-order valence-electron chi connectivity index (χ0n) is 9.08. The van der Waals surface area contributed by atoms with Crippen LogP contribution in [0, 0.1) is 0 Å². The highest BCUT2D eigenvalue weighted by molar-refractivity contribution is 5.79. The minimum absolute atomic E-state index is 0. The Kier molecular flexibility index (Phi) is 4.84. The maximum atomic E-state index is 10.7. The molecule has 0 aliphatic rings. The maximum Gasteiger partial charge on any atom is 0.177 e. The average molecular weight is 294 g/mol. The predicted octanol–water partition coefficient (Wildman–Crippen LogP) is -1.46. The molecule has 2 rings (SSSR count). The molecule has 1 aromatic carbocycles. The van der Waals surface area contributed by atoms with Crippen molar-refractivity contribution in [3.05, 3.63) is 59.9 Å². The lowest BCUT2D eigenvalue weighted by Gasteiger charge is -2.02. The lowest BCUT2D eigenvalue weighted by atomic mass is 10.1. The number of carbonyl (C=O) groups excluding carboxylic acids is 1. The van der Waals surface area contributed by atoms with Crippen LogP contribution >= 0.6 is 0 Å². The number of aromatic nitrogens is 1. The smallest absolute Gasteiger partial charge is 0.177 e. The van der Waals surface area contributed by atoms with Crippen LogP contribution in [0.4, 0.5) is 0 Å². The zero-order chi connectivity index (χ0) is 11.4. The monoisotopic (exact) mass is 293 g/mol. The Morgan fingerprint density at radius 2 is 1.82 bits per heavy atom. The molecule has 1 heterocycles. The molecule has 17 heavy (non-hydrogen) atoms. The van der Waals surface area contributed by atoms with Gasteiger partial charge in [0.1, 0.15) is 5.75 Å². The Bertz CT molecular complexity index is 500. The van der Waals surface area contributed by atoms with Crippen LogP contribution < -0.4 is 21.5 Å². The third kappa shape index (κ3) is 3.14. The van der Waals surface area contributed by atoms with Gasteiger partial charge < -0.3 is 22.1 Å². The SMILES string of the molecule is O=Cc1cccc(C[n+]2ccccc2)c1O.[Br-]. The number of para-hydroxylation sites is 1. The number of rotatable bonds is 3. The van der Waals surface area contributed by atoms with Crippen LogP contribution in [0.1, 0.15) is 15.9 Å². The lowest BCUT2D eigenvalue weighted by Crippen LogP contribution is -3.00. The van der Waals surface area contributed by atoms with E-state index in [9.17, 15) is 9.90 Å². The van der Waals surface area contributed by atoms with Crippen molar-refractivity contribution in [3.63, 3.8) is 0 Å². The summed E-state index contributed by atoms with van der Waals surface area (Å²) < 4.78 is 1.93. The van der Waals surface area contributed by atoms with E-state index in [1.165, 1.54) is 0 Å². The van der Waals surface area contributed by atoms with E-state index in [2.05, 4.69) is 0 Å². The summed E-state index contributed by atoms with van der Waals surface area (Å²) in [6.45, 7) is 0.550. The van der Waals surface area contributed by atoms with Gasteiger partial charge in [0.15, 0.2) is 25.2 Å². The summed E-state index contributed by atoms with van der Waals surface area (Å²) in [4.78, 5) is 10.7. The molecule has 88 valence electrons. The fourth-order valence-electron chi connectivity index (χ4n) is 1.57. The summed E-state index contributed by atoms with van der Waals surface area (Å²) in [5, 5.41) is 9.81. The van der Waals surface area contributed by atoms with Crippen molar-refractivity contribution in [2.75, 3.05) is 0 Å². The summed E-state index contributed by atoms with van der Waals surface area (Å²) in [7, 11) is 0. The molecular weight excluding hydrogens is 282 g/mol. The summed E-state index contributed by atoms with van der Waals surface area (Å²) in [6, 6.07) is 10.9. The Balaban J connectivity index is 0.00000144. The molecule has 0 aliphatic carbocycles. The van der Waals surface area contributed by atoms with E-state index in [1.54, 1.807) is 12.1 Å². The van der Waals surface area contributed by atoms with Crippen LogP contribution in [-0.4, -0.2) is 11.4 Å². The second kappa shape index (κ2) is 6.15. The quantitative estimate of drug-likeness (QED) is 0.555. The first-order valence-electron chi connectivity index (χ1n) is 5.01. The van der Waals surface area contributed by atoms with Gasteiger partial charge in [-0.25, -0.2) is 4.57 Å². The number of aldehydes is 1. The predicted molar refractivity (Wildman–Crippen MR) is 59.2 cm³/mol. The van der Waals surface area contributed by atoms with Gasteiger partial charge in [-0.05, 0) is 12.1 Å². The Morgan fingerprint density at radius 3 is 2.47 bits per heavy atom. The van der Waals surface area contributed by atoms with Crippen LogP contribution in [0.2, 0.25) is 0 Å². The molecule has 3 nitrogen and oxygen atoms in total. The Morgan fingerprint density at radius 1 is 1.12 bits per heavy atom. The highest BCUT2D eigenvalue weighted by atomic mass is 79.9. The van der Waals surface area contributed by atoms with E-state index >= 15 is 0 Å². The molecule has 0 bridgehead atoms. The number of phenols is 1. The number of halogens is 1. The van der Waals surface area contributed by atoms with E-state index < -0.39 is 0 Å². The van der Waals surface area contributed by atoms with E-state index in [-0.39, 0.29) is 22.7 Å². The summed E-state index contributed by atoms with van der Waals surface area (Å²) in [6.07, 6.45) is 4.48. The highest BCUT2D eigenvalue weighted by Gasteiger charge is 2.09. The van der Waals surface area contributed by atoms with Crippen molar-refractivity contribution in [1.29, 1.82) is 0 Å². The minimum Gasteiger partial charge on any atom is -1.00 e. The lowest BCUT2D eigenvalue weighted by molar-refractivity contribution is -0.688. The largest absolute Gasteiger partial charge is 1.00 e. The molecule has 1 aromatic heterocycles. The molecular formula is C13H12BrNO2. The second-order valence-electron chi connectivity index (χ2n) is 3.52. The number of hydrogen-bond donors (Lipinski definition) is 1. The van der Waals surface area contributed by atoms with Gasteiger partial charge >= 0.3 is 0 Å². The van der Waals surface area contributed by atoms with Gasteiger partial charge in [0.2, 0.25) is 0 Å². The van der Waals surface area contributed by atoms with Gasteiger partial charge in [0, 0.05) is 12.1 Å². The van der Waals surface area contributed by atoms with Crippen LogP contribution in [0.25, 0.3) is 0 Å². The fourth-order valence-corrected chi connectivity index (χ4v) is 1.57. The molecule has 0 fully saturated rings. The van der Waals surface area contributed by atoms with Crippen molar-refractivity contribution < 1.29 is 31.4 Å². The third-order valence-electron chi connectivity index (χ3n) is 2.41. The van der Waals surface area contributed by atoms with E-state index in [4.69, 9.17) is 0 Å². The molecule has 0 saturated heterocycles. The summed E-state index contributed by atoms with van der Waals surface area (Å²) in [5.41, 5.74) is 1.06. The normalized spacial score (nSPS) is 9.41. The van der Waals surface area contributed by atoms with Crippen LogP contribution in [-0.2, 0) is 6.54 Å². The first-order valence-corrected chi connectivity index (χ1v) is 5.01. The Labute approximate surface area is 110 Å².